The summed E-state index contributed by atoms with van der Waals surface area (Å²) in [6.45, 7) is 6.80. The molecular weight excluding hydrogens is 909 g/mol. The number of hydrogen-bond donors (Lipinski definition) is 0. The van der Waals surface area contributed by atoms with Crippen LogP contribution >= 0.6 is 0 Å². The smallest absolute Gasteiger partial charge is 0.136 e. The largest absolute Gasteiger partial charge is 0.456 e. The van der Waals surface area contributed by atoms with Crippen LogP contribution in [0.15, 0.2) is 277 Å². The molecule has 0 aliphatic carbocycles. The molecule has 0 saturated heterocycles. The third-order valence-corrected chi connectivity index (χ3v) is 14.8. The number of hydrogen-bond acceptors (Lipinski definition) is 3. The number of furan rings is 1. The van der Waals surface area contributed by atoms with Crippen LogP contribution in [-0.2, 0) is 5.41 Å². The van der Waals surface area contributed by atoms with Crippen LogP contribution in [0.2, 0.25) is 0 Å². The van der Waals surface area contributed by atoms with Crippen molar-refractivity contribution >= 4 is 77.6 Å². The molecular formula is C72H54N2O. The van der Waals surface area contributed by atoms with Crippen LogP contribution in [0.4, 0.5) is 34.1 Å². The highest BCUT2D eigenvalue weighted by molar-refractivity contribution is 6.14. The third-order valence-electron chi connectivity index (χ3n) is 14.8. The van der Waals surface area contributed by atoms with Gasteiger partial charge in [-0.15, -0.1) is 0 Å². The van der Waals surface area contributed by atoms with E-state index < -0.39 is 0 Å². The van der Waals surface area contributed by atoms with Crippen LogP contribution in [0.25, 0.3) is 88.0 Å². The van der Waals surface area contributed by atoms with E-state index in [-0.39, 0.29) is 5.41 Å². The highest BCUT2D eigenvalue weighted by Crippen LogP contribution is 2.47. The number of nitrogens with zero attached hydrogens (tertiary/aromatic N) is 2. The first-order valence-electron chi connectivity index (χ1n) is 25.9. The quantitative estimate of drug-likeness (QED) is 0.136. The molecule has 1 aromatic heterocycles. The van der Waals surface area contributed by atoms with Gasteiger partial charge in [0, 0.05) is 44.5 Å². The fraction of sp³-hybridized carbons (Fsp3) is 0.0556. The second-order valence-corrected chi connectivity index (χ2v) is 20.6. The predicted octanol–water partition coefficient (Wildman–Crippen LogP) is 20.8. The Morgan fingerprint density at radius 3 is 1.11 bits per heavy atom. The van der Waals surface area contributed by atoms with Crippen molar-refractivity contribution in [2.75, 3.05) is 9.80 Å². The SMILES string of the molecule is CC(C)(C)c1ccc(-c2ccccc2N(c2ccc3cc4c(cc3c2)oc2cc3cc(N(c5ccc(-c6ccccc6)cc5)c5ccccc5-c5ccccc5)ccc3cc24)c2ccccc2-c2ccccc2)cc1. The summed E-state index contributed by atoms with van der Waals surface area (Å²) in [5.41, 5.74) is 19.0. The van der Waals surface area contributed by atoms with Crippen LogP contribution in [0.5, 0.6) is 0 Å². The minimum Gasteiger partial charge on any atom is -0.456 e. The molecule has 0 fully saturated rings. The minimum atomic E-state index is 0.0570. The number of para-hydroxylation sites is 3. The van der Waals surface area contributed by atoms with E-state index in [9.17, 15) is 0 Å². The van der Waals surface area contributed by atoms with Crippen molar-refractivity contribution in [2.24, 2.45) is 0 Å². The highest BCUT2D eigenvalue weighted by atomic mass is 16.3. The van der Waals surface area contributed by atoms with Crippen molar-refractivity contribution in [2.45, 2.75) is 26.2 Å². The molecule has 0 spiro atoms. The van der Waals surface area contributed by atoms with Crippen molar-refractivity contribution in [1.82, 2.24) is 0 Å². The molecule has 0 radical (unpaired) electrons. The van der Waals surface area contributed by atoms with E-state index in [4.69, 9.17) is 4.42 Å². The summed E-state index contributed by atoms with van der Waals surface area (Å²) in [5.74, 6) is 0. The van der Waals surface area contributed by atoms with Crippen LogP contribution < -0.4 is 9.80 Å². The molecule has 0 amide bonds. The van der Waals surface area contributed by atoms with Gasteiger partial charge >= 0.3 is 0 Å². The maximum Gasteiger partial charge on any atom is 0.136 e. The van der Waals surface area contributed by atoms with Crippen molar-refractivity contribution in [1.29, 1.82) is 0 Å². The number of benzene rings is 12. The Morgan fingerprint density at radius 1 is 0.280 bits per heavy atom. The average molecular weight is 963 g/mol. The van der Waals surface area contributed by atoms with Crippen molar-refractivity contribution < 1.29 is 4.42 Å². The predicted molar refractivity (Wildman–Crippen MR) is 319 cm³/mol. The Bertz CT molecular complexity index is 4190. The molecule has 0 aliphatic heterocycles. The summed E-state index contributed by atoms with van der Waals surface area (Å²) in [6.07, 6.45) is 0. The molecule has 13 aromatic rings. The molecule has 0 unspecified atom stereocenters. The Morgan fingerprint density at radius 2 is 0.640 bits per heavy atom. The van der Waals surface area contributed by atoms with Crippen molar-refractivity contribution in [3.63, 3.8) is 0 Å². The van der Waals surface area contributed by atoms with Crippen LogP contribution in [0.1, 0.15) is 26.3 Å². The van der Waals surface area contributed by atoms with Gasteiger partial charge in [-0.2, -0.15) is 0 Å². The van der Waals surface area contributed by atoms with E-state index >= 15 is 0 Å². The second kappa shape index (κ2) is 18.9. The van der Waals surface area contributed by atoms with E-state index in [0.717, 1.165) is 99.9 Å². The summed E-state index contributed by atoms with van der Waals surface area (Å²) >= 11 is 0. The number of rotatable bonds is 10. The molecule has 0 bridgehead atoms. The van der Waals surface area contributed by atoms with E-state index in [1.165, 1.54) is 27.8 Å². The molecule has 3 heteroatoms. The van der Waals surface area contributed by atoms with Crippen molar-refractivity contribution in [3.8, 4) is 44.5 Å². The average Bonchev–Trinajstić information content (AvgIpc) is 3.81. The first-order chi connectivity index (χ1) is 36.8. The number of anilines is 6. The molecule has 75 heavy (non-hydrogen) atoms. The lowest BCUT2D eigenvalue weighted by molar-refractivity contribution is 0.590. The fourth-order valence-corrected chi connectivity index (χ4v) is 10.9. The lowest BCUT2D eigenvalue weighted by atomic mass is 9.86. The maximum absolute atomic E-state index is 6.90. The molecule has 12 aromatic carbocycles. The van der Waals surface area contributed by atoms with Crippen LogP contribution in [-0.4, -0.2) is 0 Å². The zero-order chi connectivity index (χ0) is 50.5. The molecule has 0 saturated carbocycles. The summed E-state index contributed by atoms with van der Waals surface area (Å²) in [7, 11) is 0. The summed E-state index contributed by atoms with van der Waals surface area (Å²) in [6, 6.07) is 98.9. The lowest BCUT2D eigenvalue weighted by Gasteiger charge is -2.30. The molecule has 13 rings (SSSR count). The second-order valence-electron chi connectivity index (χ2n) is 20.6. The molecule has 358 valence electrons. The molecule has 0 N–H and O–H groups in total. The maximum atomic E-state index is 6.90. The topological polar surface area (TPSA) is 19.6 Å². The van der Waals surface area contributed by atoms with Gasteiger partial charge in [-0.05, 0) is 139 Å². The molecule has 0 atom stereocenters. The van der Waals surface area contributed by atoms with Crippen molar-refractivity contribution in [3.05, 3.63) is 279 Å². The van der Waals surface area contributed by atoms with E-state index in [2.05, 4.69) is 304 Å². The van der Waals surface area contributed by atoms with Gasteiger partial charge in [-0.1, -0.05) is 215 Å². The lowest BCUT2D eigenvalue weighted by Crippen LogP contribution is -2.13. The summed E-state index contributed by atoms with van der Waals surface area (Å²) < 4.78 is 6.90. The first kappa shape index (κ1) is 45.4. The molecule has 0 aliphatic rings. The van der Waals surface area contributed by atoms with Crippen LogP contribution in [0, 0.1) is 0 Å². The summed E-state index contributed by atoms with van der Waals surface area (Å²) in [5, 5.41) is 6.71. The van der Waals surface area contributed by atoms with Gasteiger partial charge in [0.2, 0.25) is 0 Å². The number of fused-ring (bicyclic) bond motifs is 5. The van der Waals surface area contributed by atoms with E-state index in [1.807, 2.05) is 0 Å². The Hall–Kier alpha value is -9.44. The van der Waals surface area contributed by atoms with Gasteiger partial charge in [0.1, 0.15) is 11.2 Å². The van der Waals surface area contributed by atoms with Gasteiger partial charge in [-0.3, -0.25) is 0 Å². The third kappa shape index (κ3) is 8.58. The Balaban J connectivity index is 0.929. The van der Waals surface area contributed by atoms with Gasteiger partial charge in [0.05, 0.1) is 17.1 Å². The summed E-state index contributed by atoms with van der Waals surface area (Å²) in [4.78, 5) is 4.81. The van der Waals surface area contributed by atoms with Gasteiger partial charge in [0.15, 0.2) is 0 Å². The Kier molecular flexibility index (Phi) is 11.4. The minimum absolute atomic E-state index is 0.0570. The van der Waals surface area contributed by atoms with Gasteiger partial charge in [0.25, 0.3) is 0 Å². The van der Waals surface area contributed by atoms with Crippen LogP contribution in [0.3, 0.4) is 0 Å². The zero-order valence-electron chi connectivity index (χ0n) is 42.3. The first-order valence-corrected chi connectivity index (χ1v) is 25.9. The van der Waals surface area contributed by atoms with Gasteiger partial charge < -0.3 is 14.2 Å². The standard InChI is InChI=1S/C72H54N2O/c1-72(2,3)58-37-31-53(32-38-58)64-27-15-18-30-69(64)74(68-29-17-14-26-63(68)52-23-11-6-12-24-52)61-42-36-55-46-66-65-45-54-35-41-60(43-56(54)47-70(65)75-71(66)48-57(55)44-61)73(59-39-33-50(34-40-59)49-19-7-4-8-20-49)67-28-16-13-25-62(67)51-21-9-5-10-22-51/h4-48H,1-3H3. The molecule has 3 nitrogen and oxygen atoms in total. The highest BCUT2D eigenvalue weighted by Gasteiger charge is 2.23. The Labute approximate surface area is 438 Å². The monoisotopic (exact) mass is 962 g/mol. The zero-order valence-corrected chi connectivity index (χ0v) is 42.3. The van der Waals surface area contributed by atoms with E-state index in [0.29, 0.717) is 0 Å². The fourth-order valence-electron chi connectivity index (χ4n) is 10.9. The molecule has 1 heterocycles. The van der Waals surface area contributed by atoms with E-state index in [1.54, 1.807) is 0 Å². The van der Waals surface area contributed by atoms with Gasteiger partial charge in [-0.25, -0.2) is 0 Å². The normalized spacial score (nSPS) is 11.7.